The van der Waals surface area contributed by atoms with Gasteiger partial charge in [-0.15, -0.1) is 10.2 Å². The van der Waals surface area contributed by atoms with Gasteiger partial charge in [-0.3, -0.25) is 14.9 Å². The first-order chi connectivity index (χ1) is 12.1. The van der Waals surface area contributed by atoms with Crippen molar-refractivity contribution in [1.82, 2.24) is 14.8 Å². The van der Waals surface area contributed by atoms with E-state index in [2.05, 4.69) is 15.5 Å². The van der Waals surface area contributed by atoms with Crippen LogP contribution < -0.4 is 5.32 Å². The summed E-state index contributed by atoms with van der Waals surface area (Å²) in [5, 5.41) is 22.7. The van der Waals surface area contributed by atoms with Crippen LogP contribution in [0.2, 0.25) is 0 Å². The summed E-state index contributed by atoms with van der Waals surface area (Å²) in [6.07, 6.45) is 4.71. The molecule has 0 bridgehead atoms. The number of hydrogen-bond acceptors (Lipinski definition) is 6. The van der Waals surface area contributed by atoms with E-state index in [1.54, 1.807) is 12.1 Å². The van der Waals surface area contributed by atoms with Crippen molar-refractivity contribution < 1.29 is 9.72 Å². The monoisotopic (exact) mass is 361 g/mol. The SMILES string of the molecule is Cn1c(SCC(=O)Nc2ccccc2[N+](=O)[O-])nnc1C1CCCC1. The molecule has 1 heterocycles. The largest absolute Gasteiger partial charge is 0.320 e. The maximum absolute atomic E-state index is 12.1. The highest BCUT2D eigenvalue weighted by molar-refractivity contribution is 7.99. The van der Waals surface area contributed by atoms with Crippen molar-refractivity contribution in [3.05, 3.63) is 40.2 Å². The first-order valence-electron chi connectivity index (χ1n) is 8.11. The lowest BCUT2D eigenvalue weighted by molar-refractivity contribution is -0.383. The van der Waals surface area contributed by atoms with Gasteiger partial charge in [0, 0.05) is 19.0 Å². The first-order valence-corrected chi connectivity index (χ1v) is 9.10. The third-order valence-electron chi connectivity index (χ3n) is 4.30. The lowest BCUT2D eigenvalue weighted by Crippen LogP contribution is -2.15. The number of nitro benzene ring substituents is 1. The van der Waals surface area contributed by atoms with Crippen molar-refractivity contribution in [3.8, 4) is 0 Å². The van der Waals surface area contributed by atoms with Crippen LogP contribution in [-0.4, -0.2) is 31.3 Å². The molecule has 9 heteroatoms. The molecule has 132 valence electrons. The van der Waals surface area contributed by atoms with Crippen LogP contribution in [0.3, 0.4) is 0 Å². The average molecular weight is 361 g/mol. The molecule has 1 aliphatic rings. The summed E-state index contributed by atoms with van der Waals surface area (Å²) in [6, 6.07) is 6.08. The molecule has 0 spiro atoms. The van der Waals surface area contributed by atoms with Crippen molar-refractivity contribution in [2.24, 2.45) is 7.05 Å². The van der Waals surface area contributed by atoms with Gasteiger partial charge in [0.1, 0.15) is 11.5 Å². The Bertz CT molecular complexity index is 786. The number of rotatable bonds is 6. The third-order valence-corrected chi connectivity index (χ3v) is 5.32. The van der Waals surface area contributed by atoms with Crippen LogP contribution >= 0.6 is 11.8 Å². The second-order valence-electron chi connectivity index (χ2n) is 5.99. The lowest BCUT2D eigenvalue weighted by Gasteiger charge is -2.09. The third kappa shape index (κ3) is 3.98. The van der Waals surface area contributed by atoms with Gasteiger partial charge >= 0.3 is 0 Å². The second kappa shape index (κ2) is 7.64. The van der Waals surface area contributed by atoms with E-state index in [9.17, 15) is 14.9 Å². The highest BCUT2D eigenvalue weighted by Crippen LogP contribution is 2.34. The van der Waals surface area contributed by atoms with Crippen LogP contribution in [0.4, 0.5) is 11.4 Å². The van der Waals surface area contributed by atoms with Gasteiger partial charge in [-0.25, -0.2) is 0 Å². The fraction of sp³-hybridized carbons (Fsp3) is 0.438. The molecule has 3 rings (SSSR count). The number of hydrogen-bond donors (Lipinski definition) is 1. The minimum atomic E-state index is -0.515. The highest BCUT2D eigenvalue weighted by Gasteiger charge is 2.23. The molecule has 1 aliphatic carbocycles. The predicted molar refractivity (Wildman–Crippen MR) is 94.7 cm³/mol. The predicted octanol–water partition coefficient (Wildman–Crippen LogP) is 3.11. The van der Waals surface area contributed by atoms with Crippen LogP contribution in [0, 0.1) is 10.1 Å². The normalized spacial score (nSPS) is 14.6. The second-order valence-corrected chi connectivity index (χ2v) is 6.93. The molecule has 25 heavy (non-hydrogen) atoms. The minimum Gasteiger partial charge on any atom is -0.320 e. The zero-order valence-corrected chi connectivity index (χ0v) is 14.7. The Hall–Kier alpha value is -2.42. The molecule has 0 atom stereocenters. The molecular formula is C16H19N5O3S. The van der Waals surface area contributed by atoms with Gasteiger partial charge < -0.3 is 9.88 Å². The Labute approximate surface area is 149 Å². The van der Waals surface area contributed by atoms with E-state index in [1.165, 1.54) is 36.7 Å². The van der Waals surface area contributed by atoms with Gasteiger partial charge in [-0.2, -0.15) is 0 Å². The molecule has 1 fully saturated rings. The lowest BCUT2D eigenvalue weighted by atomic mass is 10.1. The molecule has 0 aliphatic heterocycles. The Morgan fingerprint density at radius 2 is 2.08 bits per heavy atom. The van der Waals surface area contributed by atoms with Crippen molar-refractivity contribution in [1.29, 1.82) is 0 Å². The van der Waals surface area contributed by atoms with Gasteiger partial charge in [-0.1, -0.05) is 36.7 Å². The topological polar surface area (TPSA) is 103 Å². The van der Waals surface area contributed by atoms with Gasteiger partial charge in [0.25, 0.3) is 5.69 Å². The van der Waals surface area contributed by atoms with Gasteiger partial charge in [0.15, 0.2) is 5.16 Å². The molecular weight excluding hydrogens is 342 g/mol. The van der Waals surface area contributed by atoms with E-state index in [0.717, 1.165) is 18.7 Å². The molecule has 1 amide bonds. The van der Waals surface area contributed by atoms with E-state index in [1.807, 2.05) is 11.6 Å². The van der Waals surface area contributed by atoms with Gasteiger partial charge in [-0.05, 0) is 18.9 Å². The number of nitro groups is 1. The Kier molecular flexibility index (Phi) is 5.32. The van der Waals surface area contributed by atoms with Crippen molar-refractivity contribution >= 4 is 29.0 Å². The van der Waals surface area contributed by atoms with E-state index in [-0.39, 0.29) is 23.0 Å². The van der Waals surface area contributed by atoms with E-state index in [4.69, 9.17) is 0 Å². The van der Waals surface area contributed by atoms with Crippen LogP contribution in [0.1, 0.15) is 37.4 Å². The number of para-hydroxylation sites is 2. The molecule has 0 saturated heterocycles. The number of aromatic nitrogens is 3. The van der Waals surface area contributed by atoms with Crippen molar-refractivity contribution in [2.45, 2.75) is 36.8 Å². The summed E-state index contributed by atoms with van der Waals surface area (Å²) in [7, 11) is 1.91. The molecule has 8 nitrogen and oxygen atoms in total. The Balaban J connectivity index is 1.61. The average Bonchev–Trinajstić information content (AvgIpc) is 3.23. The quantitative estimate of drug-likeness (QED) is 0.482. The molecule has 1 aromatic heterocycles. The van der Waals surface area contributed by atoms with Gasteiger partial charge in [0.05, 0.1) is 10.7 Å². The number of carbonyl (C=O) groups excluding carboxylic acids is 1. The number of benzene rings is 1. The fourth-order valence-electron chi connectivity index (χ4n) is 3.05. The summed E-state index contributed by atoms with van der Waals surface area (Å²) >= 11 is 1.28. The highest BCUT2D eigenvalue weighted by atomic mass is 32.2. The Morgan fingerprint density at radius 3 is 2.80 bits per heavy atom. The molecule has 1 saturated carbocycles. The zero-order valence-electron chi connectivity index (χ0n) is 13.8. The van der Waals surface area contributed by atoms with Crippen molar-refractivity contribution in [2.75, 3.05) is 11.1 Å². The maximum atomic E-state index is 12.1. The summed E-state index contributed by atoms with van der Waals surface area (Å²) < 4.78 is 1.94. The molecule has 1 aromatic carbocycles. The zero-order chi connectivity index (χ0) is 17.8. The van der Waals surface area contributed by atoms with E-state index < -0.39 is 4.92 Å². The standard InChI is InChI=1S/C16H19N5O3S/c1-20-15(11-6-2-3-7-11)18-19-16(20)25-10-14(22)17-12-8-4-5-9-13(12)21(23)24/h4-5,8-9,11H,2-3,6-7,10H2,1H3,(H,17,22). The number of carbonyl (C=O) groups is 1. The summed E-state index contributed by atoms with van der Waals surface area (Å²) in [5.74, 6) is 1.22. The number of nitrogens with one attached hydrogen (secondary N) is 1. The fourth-order valence-corrected chi connectivity index (χ4v) is 3.76. The first kappa shape index (κ1) is 17.4. The number of thioether (sulfide) groups is 1. The summed E-state index contributed by atoms with van der Waals surface area (Å²) in [5.41, 5.74) is 0.0748. The van der Waals surface area contributed by atoms with Crippen LogP contribution in [0.5, 0.6) is 0 Å². The van der Waals surface area contributed by atoms with Crippen LogP contribution in [0.25, 0.3) is 0 Å². The smallest absolute Gasteiger partial charge is 0.292 e. The summed E-state index contributed by atoms with van der Waals surface area (Å²) in [6.45, 7) is 0. The Morgan fingerprint density at radius 1 is 1.36 bits per heavy atom. The van der Waals surface area contributed by atoms with Gasteiger partial charge in [0.2, 0.25) is 5.91 Å². The van der Waals surface area contributed by atoms with E-state index >= 15 is 0 Å². The maximum Gasteiger partial charge on any atom is 0.292 e. The number of amides is 1. The van der Waals surface area contributed by atoms with Crippen LogP contribution in [-0.2, 0) is 11.8 Å². The van der Waals surface area contributed by atoms with E-state index in [0.29, 0.717) is 11.1 Å². The van der Waals surface area contributed by atoms with Crippen molar-refractivity contribution in [3.63, 3.8) is 0 Å². The molecule has 0 radical (unpaired) electrons. The minimum absolute atomic E-state index is 0.114. The number of nitrogens with zero attached hydrogens (tertiary/aromatic N) is 4. The van der Waals surface area contributed by atoms with Crippen LogP contribution in [0.15, 0.2) is 29.4 Å². The number of anilines is 1. The molecule has 0 unspecified atom stereocenters. The molecule has 1 N–H and O–H groups in total. The molecule has 2 aromatic rings. The summed E-state index contributed by atoms with van der Waals surface area (Å²) in [4.78, 5) is 22.6.